The van der Waals surface area contributed by atoms with Gasteiger partial charge < -0.3 is 9.84 Å². The molecular formula is C20H25NO2. The molecule has 0 aliphatic heterocycles. The van der Waals surface area contributed by atoms with Gasteiger partial charge in [0.05, 0.1) is 12.3 Å². The highest BCUT2D eigenvalue weighted by atomic mass is 16.5. The Morgan fingerprint density at radius 3 is 2.35 bits per heavy atom. The van der Waals surface area contributed by atoms with Crippen LogP contribution in [0, 0.1) is 6.92 Å². The van der Waals surface area contributed by atoms with Gasteiger partial charge in [0.15, 0.2) is 0 Å². The van der Waals surface area contributed by atoms with E-state index in [4.69, 9.17) is 4.74 Å². The van der Waals surface area contributed by atoms with Crippen LogP contribution in [0.25, 0.3) is 0 Å². The third kappa shape index (κ3) is 4.35. The quantitative estimate of drug-likeness (QED) is 0.794. The first-order valence-electron chi connectivity index (χ1n) is 7.92. The van der Waals surface area contributed by atoms with Gasteiger partial charge in [-0.25, -0.2) is 0 Å². The van der Waals surface area contributed by atoms with Crippen molar-refractivity contribution >= 4 is 11.9 Å². The lowest BCUT2D eigenvalue weighted by Crippen LogP contribution is -2.12. The van der Waals surface area contributed by atoms with Gasteiger partial charge in [0.1, 0.15) is 11.5 Å². The molecule has 2 aromatic rings. The summed E-state index contributed by atoms with van der Waals surface area (Å²) >= 11 is 0. The normalized spacial score (nSPS) is 11.9. The van der Waals surface area contributed by atoms with Gasteiger partial charge in [-0.05, 0) is 55.2 Å². The van der Waals surface area contributed by atoms with E-state index in [9.17, 15) is 5.11 Å². The molecule has 0 atom stereocenters. The monoisotopic (exact) mass is 311 g/mol. The predicted molar refractivity (Wildman–Crippen MR) is 96.4 cm³/mol. The Morgan fingerprint density at radius 1 is 1.13 bits per heavy atom. The molecule has 0 bridgehead atoms. The summed E-state index contributed by atoms with van der Waals surface area (Å²) in [5.41, 5.74) is 3.50. The van der Waals surface area contributed by atoms with Crippen molar-refractivity contribution in [1.29, 1.82) is 0 Å². The SMILES string of the molecule is CCOc1ccc(N=Cc2cc(C)cc(C(C)(C)C)c2O)cc1. The minimum Gasteiger partial charge on any atom is -0.507 e. The van der Waals surface area contributed by atoms with E-state index in [2.05, 4.69) is 25.8 Å². The van der Waals surface area contributed by atoms with Crippen LogP contribution in [0.1, 0.15) is 44.4 Å². The Kier molecular flexibility index (Phi) is 5.09. The van der Waals surface area contributed by atoms with Gasteiger partial charge in [-0.1, -0.05) is 26.8 Å². The van der Waals surface area contributed by atoms with Crippen LogP contribution in [0.15, 0.2) is 41.4 Å². The number of nitrogens with zero attached hydrogens (tertiary/aromatic N) is 1. The Morgan fingerprint density at radius 2 is 1.78 bits per heavy atom. The zero-order valence-electron chi connectivity index (χ0n) is 14.6. The summed E-state index contributed by atoms with van der Waals surface area (Å²) in [6.45, 7) is 10.9. The first kappa shape index (κ1) is 17.1. The van der Waals surface area contributed by atoms with Crippen molar-refractivity contribution in [2.45, 2.75) is 40.0 Å². The van der Waals surface area contributed by atoms with E-state index in [0.29, 0.717) is 12.4 Å². The number of phenols is 1. The predicted octanol–water partition coefficient (Wildman–Crippen LogP) is 5.15. The summed E-state index contributed by atoms with van der Waals surface area (Å²) in [6.07, 6.45) is 1.72. The van der Waals surface area contributed by atoms with Crippen LogP contribution >= 0.6 is 0 Å². The van der Waals surface area contributed by atoms with Crippen molar-refractivity contribution in [2.24, 2.45) is 4.99 Å². The van der Waals surface area contributed by atoms with E-state index in [0.717, 1.165) is 28.1 Å². The van der Waals surface area contributed by atoms with E-state index in [1.807, 2.05) is 50.2 Å². The maximum Gasteiger partial charge on any atom is 0.128 e. The Balaban J connectivity index is 2.30. The molecule has 0 saturated carbocycles. The van der Waals surface area contributed by atoms with Gasteiger partial charge in [-0.15, -0.1) is 0 Å². The molecule has 0 aromatic heterocycles. The van der Waals surface area contributed by atoms with Crippen LogP contribution in [0.4, 0.5) is 5.69 Å². The molecule has 122 valence electrons. The summed E-state index contributed by atoms with van der Waals surface area (Å²) in [5.74, 6) is 1.14. The molecule has 1 N–H and O–H groups in total. The van der Waals surface area contributed by atoms with Crippen molar-refractivity contribution < 1.29 is 9.84 Å². The van der Waals surface area contributed by atoms with E-state index in [-0.39, 0.29) is 5.41 Å². The minimum absolute atomic E-state index is 0.113. The Labute approximate surface area is 138 Å². The zero-order chi connectivity index (χ0) is 17.0. The van der Waals surface area contributed by atoms with Crippen LogP contribution in [0.3, 0.4) is 0 Å². The number of aliphatic imine (C=N–C) groups is 1. The first-order valence-corrected chi connectivity index (χ1v) is 7.92. The first-order chi connectivity index (χ1) is 10.8. The largest absolute Gasteiger partial charge is 0.507 e. The van der Waals surface area contributed by atoms with Crippen molar-refractivity contribution in [1.82, 2.24) is 0 Å². The van der Waals surface area contributed by atoms with Crippen molar-refractivity contribution in [3.63, 3.8) is 0 Å². The highest BCUT2D eigenvalue weighted by Gasteiger charge is 2.20. The standard InChI is InChI=1S/C20H25NO2/c1-6-23-17-9-7-16(8-10-17)21-13-15-11-14(2)12-18(19(15)22)20(3,4)5/h7-13,22H,6H2,1-5H3. The van der Waals surface area contributed by atoms with Crippen LogP contribution in [-0.2, 0) is 5.41 Å². The van der Waals surface area contributed by atoms with Crippen molar-refractivity contribution in [2.75, 3.05) is 6.61 Å². The number of hydrogen-bond acceptors (Lipinski definition) is 3. The molecule has 0 heterocycles. The number of benzene rings is 2. The summed E-state index contributed by atoms with van der Waals surface area (Å²) < 4.78 is 5.42. The number of phenolic OH excluding ortho intramolecular Hbond substituents is 1. The van der Waals surface area contributed by atoms with E-state index < -0.39 is 0 Å². The molecule has 2 aromatic carbocycles. The molecule has 0 spiro atoms. The Bertz CT molecular complexity index is 695. The highest BCUT2D eigenvalue weighted by Crippen LogP contribution is 2.34. The molecular weight excluding hydrogens is 286 g/mol. The summed E-state index contributed by atoms with van der Waals surface area (Å²) in [4.78, 5) is 4.46. The molecule has 0 unspecified atom stereocenters. The average molecular weight is 311 g/mol. The van der Waals surface area contributed by atoms with Gasteiger partial charge in [0.25, 0.3) is 0 Å². The van der Waals surface area contributed by atoms with E-state index >= 15 is 0 Å². The number of aromatic hydroxyl groups is 1. The minimum atomic E-state index is -0.113. The Hall–Kier alpha value is -2.29. The molecule has 2 rings (SSSR count). The summed E-state index contributed by atoms with van der Waals surface area (Å²) in [6, 6.07) is 11.6. The second-order valence-electron chi connectivity index (χ2n) is 6.69. The lowest BCUT2D eigenvalue weighted by atomic mass is 9.84. The zero-order valence-corrected chi connectivity index (χ0v) is 14.6. The molecule has 0 aliphatic carbocycles. The van der Waals surface area contributed by atoms with Gasteiger partial charge in [0.2, 0.25) is 0 Å². The van der Waals surface area contributed by atoms with Gasteiger partial charge >= 0.3 is 0 Å². The van der Waals surface area contributed by atoms with Crippen LogP contribution in [0.5, 0.6) is 11.5 Å². The van der Waals surface area contributed by atoms with E-state index in [1.54, 1.807) is 6.21 Å². The second kappa shape index (κ2) is 6.86. The molecule has 3 nitrogen and oxygen atoms in total. The summed E-state index contributed by atoms with van der Waals surface area (Å²) in [7, 11) is 0. The molecule has 0 amide bonds. The summed E-state index contributed by atoms with van der Waals surface area (Å²) in [5, 5.41) is 10.5. The molecule has 23 heavy (non-hydrogen) atoms. The average Bonchev–Trinajstić information content (AvgIpc) is 2.48. The fourth-order valence-electron chi connectivity index (χ4n) is 2.42. The number of rotatable bonds is 4. The topological polar surface area (TPSA) is 41.8 Å². The number of ether oxygens (including phenoxy) is 1. The second-order valence-corrected chi connectivity index (χ2v) is 6.69. The van der Waals surface area contributed by atoms with Crippen LogP contribution in [-0.4, -0.2) is 17.9 Å². The molecule has 3 heteroatoms. The molecule has 0 saturated heterocycles. The van der Waals surface area contributed by atoms with Crippen LogP contribution < -0.4 is 4.74 Å². The number of hydrogen-bond donors (Lipinski definition) is 1. The smallest absolute Gasteiger partial charge is 0.128 e. The lowest BCUT2D eigenvalue weighted by molar-refractivity contribution is 0.340. The maximum absolute atomic E-state index is 10.5. The van der Waals surface area contributed by atoms with Crippen molar-refractivity contribution in [3.8, 4) is 11.5 Å². The maximum atomic E-state index is 10.5. The van der Waals surface area contributed by atoms with Gasteiger partial charge in [-0.3, -0.25) is 4.99 Å². The number of aryl methyl sites for hydroxylation is 1. The molecule has 0 fully saturated rings. The molecule has 0 radical (unpaired) electrons. The van der Waals surface area contributed by atoms with E-state index in [1.165, 1.54) is 0 Å². The fraction of sp³-hybridized carbons (Fsp3) is 0.350. The van der Waals surface area contributed by atoms with Gasteiger partial charge in [0, 0.05) is 17.3 Å². The van der Waals surface area contributed by atoms with Crippen LogP contribution in [0.2, 0.25) is 0 Å². The van der Waals surface area contributed by atoms with Crippen molar-refractivity contribution in [3.05, 3.63) is 53.1 Å². The van der Waals surface area contributed by atoms with Gasteiger partial charge in [-0.2, -0.15) is 0 Å². The lowest BCUT2D eigenvalue weighted by Gasteiger charge is -2.22. The fourth-order valence-corrected chi connectivity index (χ4v) is 2.42. The third-order valence-corrected chi connectivity index (χ3v) is 3.59. The highest BCUT2D eigenvalue weighted by molar-refractivity contribution is 5.86. The third-order valence-electron chi connectivity index (χ3n) is 3.59. The molecule has 0 aliphatic rings.